The third-order valence-corrected chi connectivity index (χ3v) is 4.18. The summed E-state index contributed by atoms with van der Waals surface area (Å²) in [4.78, 5) is 6.42. The zero-order valence-corrected chi connectivity index (χ0v) is 14.5. The molecule has 3 aromatic rings. The van der Waals surface area contributed by atoms with E-state index in [1.54, 1.807) is 0 Å². The van der Waals surface area contributed by atoms with Gasteiger partial charge in [0.1, 0.15) is 18.5 Å². The van der Waals surface area contributed by atoms with Gasteiger partial charge in [0.05, 0.1) is 0 Å². The van der Waals surface area contributed by atoms with Crippen LogP contribution in [-0.2, 0) is 6.42 Å². The smallest absolute Gasteiger partial charge is 0.127 e. The molecule has 1 heterocycles. The summed E-state index contributed by atoms with van der Waals surface area (Å²) >= 11 is 0. The van der Waals surface area contributed by atoms with Gasteiger partial charge in [0, 0.05) is 36.8 Å². The van der Waals surface area contributed by atoms with E-state index in [0.29, 0.717) is 6.54 Å². The minimum absolute atomic E-state index is 0.280. The Morgan fingerprint density at radius 2 is 1.84 bits per heavy atom. The van der Waals surface area contributed by atoms with E-state index < -0.39 is 6.10 Å². The van der Waals surface area contributed by atoms with Crippen molar-refractivity contribution >= 4 is 10.8 Å². The van der Waals surface area contributed by atoms with Crippen LogP contribution in [0.4, 0.5) is 0 Å². The molecule has 0 aliphatic rings. The van der Waals surface area contributed by atoms with Crippen molar-refractivity contribution in [2.75, 3.05) is 26.7 Å². The summed E-state index contributed by atoms with van der Waals surface area (Å²) in [6.45, 7) is 1.70. The standard InChI is InChI=1S/C21H24N2O2/c1-23(14-12-18-9-4-5-13-22-18)15-19(24)16-25-21-11-6-8-17-7-2-3-10-20(17)21/h2-11,13,19,24H,12,14-16H2,1H3. The highest BCUT2D eigenvalue weighted by Gasteiger charge is 2.10. The highest BCUT2D eigenvalue weighted by molar-refractivity contribution is 5.88. The maximum Gasteiger partial charge on any atom is 0.127 e. The minimum atomic E-state index is -0.535. The maximum atomic E-state index is 10.3. The number of aliphatic hydroxyl groups excluding tert-OH is 1. The number of benzene rings is 2. The largest absolute Gasteiger partial charge is 0.490 e. The third-order valence-electron chi connectivity index (χ3n) is 4.18. The molecular weight excluding hydrogens is 312 g/mol. The van der Waals surface area contributed by atoms with Crippen LogP contribution in [0.15, 0.2) is 66.9 Å². The second kappa shape index (κ2) is 8.60. The van der Waals surface area contributed by atoms with Crippen LogP contribution in [0.1, 0.15) is 5.69 Å². The van der Waals surface area contributed by atoms with Crippen LogP contribution in [-0.4, -0.2) is 47.8 Å². The molecule has 1 aromatic heterocycles. The van der Waals surface area contributed by atoms with Crippen LogP contribution < -0.4 is 4.74 Å². The van der Waals surface area contributed by atoms with E-state index in [1.807, 2.05) is 61.8 Å². The molecule has 0 saturated heterocycles. The van der Waals surface area contributed by atoms with Crippen molar-refractivity contribution in [2.45, 2.75) is 12.5 Å². The van der Waals surface area contributed by atoms with E-state index in [-0.39, 0.29) is 6.61 Å². The van der Waals surface area contributed by atoms with Gasteiger partial charge in [-0.25, -0.2) is 0 Å². The first-order chi connectivity index (χ1) is 12.2. The molecule has 0 bridgehead atoms. The lowest BCUT2D eigenvalue weighted by Crippen LogP contribution is -2.34. The Kier molecular flexibility index (Phi) is 5.99. The quantitative estimate of drug-likeness (QED) is 0.686. The molecule has 3 rings (SSSR count). The maximum absolute atomic E-state index is 10.3. The molecule has 1 atom stereocenters. The van der Waals surface area contributed by atoms with E-state index in [9.17, 15) is 5.11 Å². The predicted octanol–water partition coefficient (Wildman–Crippen LogP) is 3.15. The average molecular weight is 336 g/mol. The van der Waals surface area contributed by atoms with Gasteiger partial charge in [0.25, 0.3) is 0 Å². The predicted molar refractivity (Wildman–Crippen MR) is 101 cm³/mol. The zero-order valence-electron chi connectivity index (χ0n) is 14.5. The first-order valence-electron chi connectivity index (χ1n) is 8.59. The molecule has 130 valence electrons. The Bertz CT molecular complexity index is 787. The van der Waals surface area contributed by atoms with E-state index in [0.717, 1.165) is 35.2 Å². The van der Waals surface area contributed by atoms with Crippen molar-refractivity contribution in [1.82, 2.24) is 9.88 Å². The van der Waals surface area contributed by atoms with Gasteiger partial charge in [0.2, 0.25) is 0 Å². The first kappa shape index (κ1) is 17.4. The van der Waals surface area contributed by atoms with Gasteiger partial charge >= 0.3 is 0 Å². The van der Waals surface area contributed by atoms with E-state index >= 15 is 0 Å². The van der Waals surface area contributed by atoms with Crippen molar-refractivity contribution in [3.8, 4) is 5.75 Å². The molecule has 4 heteroatoms. The number of nitrogens with zero attached hydrogens (tertiary/aromatic N) is 2. The van der Waals surface area contributed by atoms with Gasteiger partial charge in [-0.3, -0.25) is 4.98 Å². The van der Waals surface area contributed by atoms with Gasteiger partial charge in [0.15, 0.2) is 0 Å². The number of likely N-dealkylation sites (N-methyl/N-ethyl adjacent to an activating group) is 1. The lowest BCUT2D eigenvalue weighted by Gasteiger charge is -2.21. The second-order valence-corrected chi connectivity index (χ2v) is 6.28. The van der Waals surface area contributed by atoms with Crippen LogP contribution in [0.25, 0.3) is 10.8 Å². The fraction of sp³-hybridized carbons (Fsp3) is 0.286. The van der Waals surface area contributed by atoms with Gasteiger partial charge in [-0.05, 0) is 30.6 Å². The Hall–Kier alpha value is -2.43. The molecule has 0 spiro atoms. The van der Waals surface area contributed by atoms with Crippen molar-refractivity contribution in [3.05, 3.63) is 72.6 Å². The number of rotatable bonds is 8. The van der Waals surface area contributed by atoms with Crippen LogP contribution in [0.2, 0.25) is 0 Å². The molecule has 0 saturated carbocycles. The molecule has 0 aliphatic carbocycles. The number of fused-ring (bicyclic) bond motifs is 1. The lowest BCUT2D eigenvalue weighted by atomic mass is 10.1. The summed E-state index contributed by atoms with van der Waals surface area (Å²) in [5.74, 6) is 0.813. The Labute approximate surface area is 148 Å². The van der Waals surface area contributed by atoms with E-state index in [4.69, 9.17) is 4.74 Å². The normalized spacial score (nSPS) is 12.4. The fourth-order valence-electron chi connectivity index (χ4n) is 2.86. The molecule has 25 heavy (non-hydrogen) atoms. The summed E-state index contributed by atoms with van der Waals surface area (Å²) in [6, 6.07) is 20.0. The number of aromatic nitrogens is 1. The van der Waals surface area contributed by atoms with Crippen molar-refractivity contribution in [2.24, 2.45) is 0 Å². The molecule has 1 unspecified atom stereocenters. The van der Waals surface area contributed by atoms with Crippen LogP contribution in [0.3, 0.4) is 0 Å². The highest BCUT2D eigenvalue weighted by Crippen LogP contribution is 2.25. The first-order valence-corrected chi connectivity index (χ1v) is 8.59. The highest BCUT2D eigenvalue weighted by atomic mass is 16.5. The summed E-state index contributed by atoms with van der Waals surface area (Å²) < 4.78 is 5.86. The van der Waals surface area contributed by atoms with Crippen LogP contribution in [0, 0.1) is 0 Å². The zero-order chi connectivity index (χ0) is 17.5. The third kappa shape index (κ3) is 5.02. The Morgan fingerprint density at radius 1 is 1.04 bits per heavy atom. The molecular formula is C21H24N2O2. The minimum Gasteiger partial charge on any atom is -0.490 e. The van der Waals surface area contributed by atoms with Gasteiger partial charge in [-0.1, -0.05) is 42.5 Å². The van der Waals surface area contributed by atoms with Gasteiger partial charge in [-0.2, -0.15) is 0 Å². The fourth-order valence-corrected chi connectivity index (χ4v) is 2.86. The number of hydrogen-bond acceptors (Lipinski definition) is 4. The molecule has 1 N–H and O–H groups in total. The van der Waals surface area contributed by atoms with Crippen LogP contribution >= 0.6 is 0 Å². The number of pyridine rings is 1. The van der Waals surface area contributed by atoms with Gasteiger partial charge < -0.3 is 14.7 Å². The number of hydrogen-bond donors (Lipinski definition) is 1. The van der Waals surface area contributed by atoms with E-state index in [2.05, 4.69) is 22.0 Å². The van der Waals surface area contributed by atoms with Crippen molar-refractivity contribution in [1.29, 1.82) is 0 Å². The SMILES string of the molecule is CN(CCc1ccccn1)CC(O)COc1cccc2ccccc12. The monoisotopic (exact) mass is 336 g/mol. The molecule has 0 radical (unpaired) electrons. The second-order valence-electron chi connectivity index (χ2n) is 6.28. The molecule has 4 nitrogen and oxygen atoms in total. The van der Waals surface area contributed by atoms with E-state index in [1.165, 1.54) is 0 Å². The molecule has 0 fully saturated rings. The van der Waals surface area contributed by atoms with Crippen molar-refractivity contribution in [3.63, 3.8) is 0 Å². The summed E-state index contributed by atoms with van der Waals surface area (Å²) in [7, 11) is 2.00. The summed E-state index contributed by atoms with van der Waals surface area (Å²) in [6.07, 6.45) is 2.14. The van der Waals surface area contributed by atoms with Crippen LogP contribution in [0.5, 0.6) is 5.75 Å². The molecule has 0 aliphatic heterocycles. The topological polar surface area (TPSA) is 45.6 Å². The average Bonchev–Trinajstić information content (AvgIpc) is 2.65. The molecule has 2 aromatic carbocycles. The number of aliphatic hydroxyl groups is 1. The van der Waals surface area contributed by atoms with Gasteiger partial charge in [-0.15, -0.1) is 0 Å². The Morgan fingerprint density at radius 3 is 2.68 bits per heavy atom. The van der Waals surface area contributed by atoms with Crippen molar-refractivity contribution < 1.29 is 9.84 Å². The summed E-state index contributed by atoms with van der Waals surface area (Å²) in [5.41, 5.74) is 1.07. The summed E-state index contributed by atoms with van der Waals surface area (Å²) in [5, 5.41) is 12.5. The Balaban J connectivity index is 1.48. The number of ether oxygens (including phenoxy) is 1. The lowest BCUT2D eigenvalue weighted by molar-refractivity contribution is 0.0772. The molecule has 0 amide bonds.